The second-order valence-electron chi connectivity index (χ2n) is 5.37. The summed E-state index contributed by atoms with van der Waals surface area (Å²) in [6, 6.07) is 12.7. The fraction of sp³-hybridized carbons (Fsp3) is 0.167. The molecule has 3 aromatic rings. The molecule has 1 aromatic heterocycles. The summed E-state index contributed by atoms with van der Waals surface area (Å²) in [5.41, 5.74) is 2.64. The van der Waals surface area contributed by atoms with Crippen LogP contribution in [0.3, 0.4) is 0 Å². The Morgan fingerprint density at radius 1 is 1.17 bits per heavy atom. The minimum atomic E-state index is -0.361. The van der Waals surface area contributed by atoms with Crippen LogP contribution in [0.4, 0.5) is 4.39 Å². The molecule has 0 fully saturated rings. The number of H-pyrrole nitrogens is 1. The lowest BCUT2D eigenvalue weighted by molar-refractivity contribution is -0.120. The first-order valence-corrected chi connectivity index (χ1v) is 8.18. The average molecular weight is 375 g/mol. The van der Waals surface area contributed by atoms with Crippen molar-refractivity contribution in [2.24, 2.45) is 0 Å². The molecule has 1 amide bonds. The summed E-state index contributed by atoms with van der Waals surface area (Å²) >= 11 is 3.29. The summed E-state index contributed by atoms with van der Waals surface area (Å²) in [5.74, 6) is -0.540. The fourth-order valence-electron chi connectivity index (χ4n) is 2.59. The van der Waals surface area contributed by atoms with Gasteiger partial charge in [0.25, 0.3) is 0 Å². The molecule has 0 spiro atoms. The number of carbonyl (C=O) groups excluding carboxylic acids is 1. The zero-order valence-corrected chi connectivity index (χ0v) is 14.0. The van der Waals surface area contributed by atoms with Crippen LogP contribution in [0.1, 0.15) is 11.1 Å². The summed E-state index contributed by atoms with van der Waals surface area (Å²) in [6.07, 6.45) is 2.74. The first-order chi connectivity index (χ1) is 11.1. The molecule has 2 aromatic carbocycles. The van der Waals surface area contributed by atoms with E-state index in [0.717, 1.165) is 22.0 Å². The first kappa shape index (κ1) is 15.7. The molecule has 23 heavy (non-hydrogen) atoms. The number of hydrogen-bond acceptors (Lipinski definition) is 1. The van der Waals surface area contributed by atoms with Crippen LogP contribution >= 0.6 is 15.9 Å². The molecule has 118 valence electrons. The molecule has 2 N–H and O–H groups in total. The smallest absolute Gasteiger partial charge is 0.224 e. The lowest BCUT2D eigenvalue weighted by Crippen LogP contribution is -2.27. The highest BCUT2D eigenvalue weighted by molar-refractivity contribution is 9.10. The van der Waals surface area contributed by atoms with Crippen LogP contribution in [0.2, 0.25) is 0 Å². The lowest BCUT2D eigenvalue weighted by atomic mass is 10.1. The first-order valence-electron chi connectivity index (χ1n) is 7.39. The van der Waals surface area contributed by atoms with E-state index in [-0.39, 0.29) is 18.1 Å². The largest absolute Gasteiger partial charge is 0.361 e. The van der Waals surface area contributed by atoms with Gasteiger partial charge in [0.2, 0.25) is 5.91 Å². The normalized spacial score (nSPS) is 10.9. The summed E-state index contributed by atoms with van der Waals surface area (Å²) < 4.78 is 14.4. The standard InChI is InChI=1S/C18H16BrFN2O/c19-14-5-6-16(20)13(9-14)10-18(23)21-8-7-12-11-22-17-4-2-1-3-15(12)17/h1-6,9,11,22H,7-8,10H2,(H,21,23). The van der Waals surface area contributed by atoms with Crippen molar-refractivity contribution in [2.45, 2.75) is 12.8 Å². The van der Waals surface area contributed by atoms with E-state index in [1.807, 2.05) is 24.4 Å². The number of rotatable bonds is 5. The van der Waals surface area contributed by atoms with E-state index >= 15 is 0 Å². The van der Waals surface area contributed by atoms with Gasteiger partial charge in [-0.3, -0.25) is 4.79 Å². The number of hydrogen-bond donors (Lipinski definition) is 2. The third-order valence-electron chi connectivity index (χ3n) is 3.75. The molecule has 0 aliphatic carbocycles. The average Bonchev–Trinajstić information content (AvgIpc) is 2.94. The maximum Gasteiger partial charge on any atom is 0.224 e. The van der Waals surface area contributed by atoms with Crippen molar-refractivity contribution < 1.29 is 9.18 Å². The van der Waals surface area contributed by atoms with Crippen LogP contribution in [-0.4, -0.2) is 17.4 Å². The molecule has 0 saturated carbocycles. The Bertz CT molecular complexity index is 844. The van der Waals surface area contributed by atoms with Gasteiger partial charge in [0, 0.05) is 28.1 Å². The number of carbonyl (C=O) groups is 1. The van der Waals surface area contributed by atoms with Gasteiger partial charge < -0.3 is 10.3 Å². The summed E-state index contributed by atoms with van der Waals surface area (Å²) in [5, 5.41) is 4.01. The molecule has 0 saturated heterocycles. The number of benzene rings is 2. The zero-order chi connectivity index (χ0) is 16.2. The molecule has 0 radical (unpaired) electrons. The number of nitrogens with one attached hydrogen (secondary N) is 2. The van der Waals surface area contributed by atoms with Crippen LogP contribution in [0.5, 0.6) is 0 Å². The summed E-state index contributed by atoms with van der Waals surface area (Å²) in [6.45, 7) is 0.524. The van der Waals surface area contributed by atoms with E-state index in [1.165, 1.54) is 11.5 Å². The van der Waals surface area contributed by atoms with Gasteiger partial charge in [-0.1, -0.05) is 34.1 Å². The number of aromatic amines is 1. The van der Waals surface area contributed by atoms with E-state index in [0.29, 0.717) is 12.1 Å². The molecular weight excluding hydrogens is 359 g/mol. The van der Waals surface area contributed by atoms with Crippen molar-refractivity contribution in [3.8, 4) is 0 Å². The molecule has 0 unspecified atom stereocenters. The van der Waals surface area contributed by atoms with Crippen molar-refractivity contribution in [1.82, 2.24) is 10.3 Å². The van der Waals surface area contributed by atoms with Crippen molar-refractivity contribution in [3.63, 3.8) is 0 Å². The Balaban J connectivity index is 1.56. The molecule has 3 nitrogen and oxygen atoms in total. The fourth-order valence-corrected chi connectivity index (χ4v) is 3.00. The van der Waals surface area contributed by atoms with Gasteiger partial charge in [-0.15, -0.1) is 0 Å². The number of halogens is 2. The number of fused-ring (bicyclic) bond motifs is 1. The van der Waals surface area contributed by atoms with Gasteiger partial charge in [-0.05, 0) is 41.8 Å². The van der Waals surface area contributed by atoms with E-state index in [2.05, 4.69) is 32.3 Å². The predicted octanol–water partition coefficient (Wildman–Crippen LogP) is 3.97. The Labute approximate surface area is 142 Å². The van der Waals surface area contributed by atoms with Crippen molar-refractivity contribution in [2.75, 3.05) is 6.54 Å². The number of para-hydroxylation sites is 1. The van der Waals surface area contributed by atoms with Crippen LogP contribution in [0.25, 0.3) is 10.9 Å². The Hall–Kier alpha value is -2.14. The molecule has 0 aliphatic heterocycles. The summed E-state index contributed by atoms with van der Waals surface area (Å²) in [7, 11) is 0. The summed E-state index contributed by atoms with van der Waals surface area (Å²) in [4.78, 5) is 15.2. The third-order valence-corrected chi connectivity index (χ3v) is 4.24. The molecule has 0 bridgehead atoms. The highest BCUT2D eigenvalue weighted by atomic mass is 79.9. The second-order valence-corrected chi connectivity index (χ2v) is 6.29. The number of amides is 1. The van der Waals surface area contributed by atoms with Crippen molar-refractivity contribution in [3.05, 3.63) is 70.1 Å². The van der Waals surface area contributed by atoms with Gasteiger partial charge in [-0.2, -0.15) is 0 Å². The van der Waals surface area contributed by atoms with Crippen molar-refractivity contribution >= 4 is 32.7 Å². The van der Waals surface area contributed by atoms with Gasteiger partial charge in [0.15, 0.2) is 0 Å². The molecular formula is C18H16BrFN2O. The van der Waals surface area contributed by atoms with E-state index in [9.17, 15) is 9.18 Å². The highest BCUT2D eigenvalue weighted by Crippen LogP contribution is 2.18. The maximum absolute atomic E-state index is 13.6. The van der Waals surface area contributed by atoms with Gasteiger partial charge in [0.1, 0.15) is 5.82 Å². The Morgan fingerprint density at radius 3 is 2.87 bits per heavy atom. The van der Waals surface area contributed by atoms with Gasteiger partial charge >= 0.3 is 0 Å². The maximum atomic E-state index is 13.6. The van der Waals surface area contributed by atoms with Crippen LogP contribution in [-0.2, 0) is 17.6 Å². The topological polar surface area (TPSA) is 44.9 Å². The minimum Gasteiger partial charge on any atom is -0.361 e. The number of aromatic nitrogens is 1. The Kier molecular flexibility index (Phi) is 4.76. The molecule has 5 heteroatoms. The van der Waals surface area contributed by atoms with E-state index in [1.54, 1.807) is 12.1 Å². The zero-order valence-electron chi connectivity index (χ0n) is 12.4. The van der Waals surface area contributed by atoms with Crippen LogP contribution in [0, 0.1) is 5.82 Å². The quantitative estimate of drug-likeness (QED) is 0.697. The van der Waals surface area contributed by atoms with Gasteiger partial charge in [0.05, 0.1) is 6.42 Å². The monoisotopic (exact) mass is 374 g/mol. The van der Waals surface area contributed by atoms with E-state index in [4.69, 9.17) is 0 Å². The Morgan fingerprint density at radius 2 is 2.00 bits per heavy atom. The van der Waals surface area contributed by atoms with Crippen molar-refractivity contribution in [1.29, 1.82) is 0 Å². The molecule has 0 atom stereocenters. The van der Waals surface area contributed by atoms with Crippen LogP contribution in [0.15, 0.2) is 53.1 Å². The lowest BCUT2D eigenvalue weighted by Gasteiger charge is -2.06. The molecule has 3 rings (SSSR count). The predicted molar refractivity (Wildman–Crippen MR) is 92.8 cm³/mol. The second kappa shape index (κ2) is 6.96. The third kappa shape index (κ3) is 3.79. The molecule has 1 heterocycles. The highest BCUT2D eigenvalue weighted by Gasteiger charge is 2.09. The van der Waals surface area contributed by atoms with Crippen LogP contribution < -0.4 is 5.32 Å². The van der Waals surface area contributed by atoms with E-state index < -0.39 is 0 Å². The molecule has 0 aliphatic rings. The van der Waals surface area contributed by atoms with Gasteiger partial charge in [-0.25, -0.2) is 4.39 Å². The SMILES string of the molecule is O=C(Cc1cc(Br)ccc1F)NCCc1c[nH]c2ccccc12. The minimum absolute atomic E-state index is 0.0408.